The monoisotopic (exact) mass is 391 g/mol. The Labute approximate surface area is 170 Å². The Hall–Kier alpha value is -2.99. The molecule has 4 rings (SSSR count). The molecule has 2 aliphatic rings. The molecule has 29 heavy (non-hydrogen) atoms. The summed E-state index contributed by atoms with van der Waals surface area (Å²) in [5, 5.41) is 2.88. The van der Waals surface area contributed by atoms with Crippen molar-refractivity contribution in [2.24, 2.45) is 5.92 Å². The second kappa shape index (κ2) is 9.01. The number of nitrogens with one attached hydrogen (secondary N) is 1. The summed E-state index contributed by atoms with van der Waals surface area (Å²) >= 11 is 0. The van der Waals surface area contributed by atoms with Gasteiger partial charge in [0.25, 0.3) is 5.91 Å². The van der Waals surface area contributed by atoms with Gasteiger partial charge in [-0.2, -0.15) is 0 Å². The second-order valence-corrected chi connectivity index (χ2v) is 7.47. The van der Waals surface area contributed by atoms with E-state index in [4.69, 9.17) is 4.74 Å². The Balaban J connectivity index is 1.29. The molecule has 0 radical (unpaired) electrons. The highest BCUT2D eigenvalue weighted by atomic mass is 16.5. The molecule has 2 aromatic rings. The van der Waals surface area contributed by atoms with Crippen LogP contribution in [0, 0.1) is 5.92 Å². The van der Waals surface area contributed by atoms with Gasteiger partial charge in [0.1, 0.15) is 0 Å². The van der Waals surface area contributed by atoms with Crippen molar-refractivity contribution >= 4 is 11.8 Å². The number of benzene rings is 1. The van der Waals surface area contributed by atoms with Gasteiger partial charge >= 0.3 is 0 Å². The molecule has 2 amide bonds. The predicted molar refractivity (Wildman–Crippen MR) is 109 cm³/mol. The molecule has 6 heteroatoms. The van der Waals surface area contributed by atoms with Crippen molar-refractivity contribution in [1.82, 2.24) is 15.2 Å². The Morgan fingerprint density at radius 1 is 1.14 bits per heavy atom. The number of carbonyl (C=O) groups is 2. The maximum atomic E-state index is 13.0. The lowest BCUT2D eigenvalue weighted by Gasteiger charge is -2.36. The number of rotatable bonds is 6. The zero-order chi connectivity index (χ0) is 20.1. The number of allylic oxidation sites excluding steroid dienone is 1. The van der Waals surface area contributed by atoms with Gasteiger partial charge in [-0.1, -0.05) is 36.4 Å². The van der Waals surface area contributed by atoms with Crippen LogP contribution in [0.4, 0.5) is 0 Å². The van der Waals surface area contributed by atoms with Crippen LogP contribution in [0.15, 0.2) is 66.5 Å². The molecule has 0 spiro atoms. The highest BCUT2D eigenvalue weighted by Crippen LogP contribution is 2.32. The van der Waals surface area contributed by atoms with Crippen LogP contribution in [0.3, 0.4) is 0 Å². The average molecular weight is 391 g/mol. The minimum atomic E-state index is -0.202. The van der Waals surface area contributed by atoms with Crippen molar-refractivity contribution in [3.63, 3.8) is 0 Å². The molecule has 6 nitrogen and oxygen atoms in total. The van der Waals surface area contributed by atoms with E-state index in [1.807, 2.05) is 29.2 Å². The third kappa shape index (κ3) is 4.71. The lowest BCUT2D eigenvalue weighted by Crippen LogP contribution is -2.51. The van der Waals surface area contributed by atoms with Crippen molar-refractivity contribution in [1.29, 1.82) is 0 Å². The maximum absolute atomic E-state index is 13.0. The topological polar surface area (TPSA) is 71.5 Å². The number of pyridine rings is 1. The zero-order valence-electron chi connectivity index (χ0n) is 16.3. The van der Waals surface area contributed by atoms with E-state index in [-0.39, 0.29) is 23.8 Å². The molecule has 1 saturated heterocycles. The Morgan fingerprint density at radius 3 is 2.66 bits per heavy atom. The number of carbonyl (C=O) groups excluding carboxylic acids is 2. The molecule has 150 valence electrons. The summed E-state index contributed by atoms with van der Waals surface area (Å²) in [7, 11) is 0. The molecule has 1 aromatic heterocycles. The molecule has 1 fully saturated rings. The molecule has 1 aromatic carbocycles. The third-order valence-electron chi connectivity index (χ3n) is 5.49. The molecule has 2 atom stereocenters. The molecule has 0 bridgehead atoms. The van der Waals surface area contributed by atoms with Crippen LogP contribution in [-0.4, -0.2) is 54.0 Å². The Kier molecular flexibility index (Phi) is 6.00. The largest absolute Gasteiger partial charge is 0.373 e. The van der Waals surface area contributed by atoms with Gasteiger partial charge in [0.2, 0.25) is 5.91 Å². The average Bonchev–Trinajstić information content (AvgIpc) is 2.76. The number of amides is 2. The number of morpholine rings is 1. The summed E-state index contributed by atoms with van der Waals surface area (Å²) in [6, 6.07) is 13.6. The van der Waals surface area contributed by atoms with E-state index in [9.17, 15) is 9.59 Å². The van der Waals surface area contributed by atoms with Gasteiger partial charge in [-0.15, -0.1) is 0 Å². The van der Waals surface area contributed by atoms with Crippen molar-refractivity contribution < 1.29 is 14.3 Å². The Bertz CT molecular complexity index is 883. The van der Waals surface area contributed by atoms with E-state index in [0.717, 1.165) is 18.4 Å². The van der Waals surface area contributed by atoms with Gasteiger partial charge in [0.05, 0.1) is 12.7 Å². The lowest BCUT2D eigenvalue weighted by molar-refractivity contribution is -0.135. The first-order valence-electron chi connectivity index (χ1n) is 10.0. The van der Waals surface area contributed by atoms with E-state index < -0.39 is 0 Å². The molecule has 2 unspecified atom stereocenters. The maximum Gasteiger partial charge on any atom is 0.251 e. The molecule has 1 aliphatic carbocycles. The van der Waals surface area contributed by atoms with Crippen LogP contribution < -0.4 is 5.32 Å². The van der Waals surface area contributed by atoms with Crippen LogP contribution in [0.25, 0.3) is 0 Å². The fourth-order valence-electron chi connectivity index (χ4n) is 3.78. The van der Waals surface area contributed by atoms with Crippen molar-refractivity contribution in [3.8, 4) is 0 Å². The Morgan fingerprint density at radius 2 is 1.93 bits per heavy atom. The highest BCUT2D eigenvalue weighted by Gasteiger charge is 2.33. The zero-order valence-corrected chi connectivity index (χ0v) is 16.3. The first-order chi connectivity index (χ1) is 14.2. The SMILES string of the molecule is O=C(NCC1CN(C(=O)C2=CCC2Cc2ccccc2)CCO1)c1ccncc1. The van der Waals surface area contributed by atoms with E-state index in [1.54, 1.807) is 24.5 Å². The first-order valence-corrected chi connectivity index (χ1v) is 10.0. The number of hydrogen-bond donors (Lipinski definition) is 1. The summed E-state index contributed by atoms with van der Waals surface area (Å²) in [6.45, 7) is 1.93. The minimum absolute atomic E-state index is 0.103. The highest BCUT2D eigenvalue weighted by molar-refractivity contribution is 5.95. The van der Waals surface area contributed by atoms with Gasteiger partial charge < -0.3 is 15.0 Å². The molecular weight excluding hydrogens is 366 g/mol. The van der Waals surface area contributed by atoms with E-state index in [2.05, 4.69) is 22.4 Å². The lowest BCUT2D eigenvalue weighted by atomic mass is 9.79. The summed E-state index contributed by atoms with van der Waals surface area (Å²) in [5.74, 6) is 0.229. The van der Waals surface area contributed by atoms with Crippen LogP contribution in [0.5, 0.6) is 0 Å². The van der Waals surface area contributed by atoms with Crippen LogP contribution >= 0.6 is 0 Å². The van der Waals surface area contributed by atoms with Gasteiger partial charge in [0, 0.05) is 43.2 Å². The summed E-state index contributed by atoms with van der Waals surface area (Å²) in [5.41, 5.74) is 2.73. The minimum Gasteiger partial charge on any atom is -0.373 e. The number of hydrogen-bond acceptors (Lipinski definition) is 4. The molecule has 1 N–H and O–H groups in total. The van der Waals surface area contributed by atoms with E-state index in [0.29, 0.717) is 31.8 Å². The predicted octanol–water partition coefficient (Wildman–Crippen LogP) is 2.23. The quantitative estimate of drug-likeness (QED) is 0.820. The normalized spacial score (nSPS) is 21.1. The van der Waals surface area contributed by atoms with Gasteiger partial charge in [-0.3, -0.25) is 14.6 Å². The van der Waals surface area contributed by atoms with Crippen LogP contribution in [0.2, 0.25) is 0 Å². The number of aromatic nitrogens is 1. The van der Waals surface area contributed by atoms with Crippen LogP contribution in [0.1, 0.15) is 22.3 Å². The third-order valence-corrected chi connectivity index (χ3v) is 5.49. The fraction of sp³-hybridized carbons (Fsp3) is 0.348. The first kappa shape index (κ1) is 19.3. The number of nitrogens with zero attached hydrogens (tertiary/aromatic N) is 2. The summed E-state index contributed by atoms with van der Waals surface area (Å²) in [6.07, 6.45) is 6.87. The van der Waals surface area contributed by atoms with Gasteiger partial charge in [0.15, 0.2) is 0 Å². The smallest absolute Gasteiger partial charge is 0.251 e. The van der Waals surface area contributed by atoms with Crippen molar-refractivity contribution in [2.75, 3.05) is 26.2 Å². The van der Waals surface area contributed by atoms with Gasteiger partial charge in [-0.05, 0) is 36.5 Å². The van der Waals surface area contributed by atoms with Gasteiger partial charge in [-0.25, -0.2) is 0 Å². The van der Waals surface area contributed by atoms with E-state index in [1.165, 1.54) is 5.56 Å². The fourth-order valence-corrected chi connectivity index (χ4v) is 3.78. The van der Waals surface area contributed by atoms with Crippen molar-refractivity contribution in [3.05, 3.63) is 77.6 Å². The van der Waals surface area contributed by atoms with Crippen molar-refractivity contribution in [2.45, 2.75) is 18.9 Å². The van der Waals surface area contributed by atoms with E-state index >= 15 is 0 Å². The number of ether oxygens (including phenoxy) is 1. The molecular formula is C23H25N3O3. The molecule has 0 saturated carbocycles. The standard InChI is InChI=1S/C23H25N3O3/c27-22(18-8-10-24-11-9-18)25-15-20-16-26(12-13-29-20)23(28)21-7-6-19(21)14-17-4-2-1-3-5-17/h1-5,7-11,19-20H,6,12-16H2,(H,25,27). The molecule has 2 heterocycles. The summed E-state index contributed by atoms with van der Waals surface area (Å²) in [4.78, 5) is 31.0. The second-order valence-electron chi connectivity index (χ2n) is 7.47. The summed E-state index contributed by atoms with van der Waals surface area (Å²) < 4.78 is 5.76. The van der Waals surface area contributed by atoms with Crippen LogP contribution in [-0.2, 0) is 16.0 Å². The molecule has 1 aliphatic heterocycles.